The predicted octanol–water partition coefficient (Wildman–Crippen LogP) is 0.721. The van der Waals surface area contributed by atoms with Crippen LogP contribution in [0.2, 0.25) is 0 Å². The maximum atomic E-state index is 10.9. The van der Waals surface area contributed by atoms with Crippen molar-refractivity contribution >= 4 is 11.8 Å². The molecular weight excluding hydrogens is 250 g/mol. The zero-order chi connectivity index (χ0) is 14.3. The van der Waals surface area contributed by atoms with E-state index in [0.29, 0.717) is 37.3 Å². The summed E-state index contributed by atoms with van der Waals surface area (Å²) in [6.07, 6.45) is 0. The van der Waals surface area contributed by atoms with Crippen LogP contribution in [0.1, 0.15) is 12.7 Å². The van der Waals surface area contributed by atoms with E-state index in [1.54, 1.807) is 25.0 Å². The van der Waals surface area contributed by atoms with E-state index in [0.717, 1.165) is 0 Å². The fourth-order valence-corrected chi connectivity index (χ4v) is 1.55. The third kappa shape index (κ3) is 5.09. The maximum Gasteiger partial charge on any atom is 0.323 e. The zero-order valence-corrected chi connectivity index (χ0v) is 11.4. The highest BCUT2D eigenvalue weighted by atomic mass is 16.5. The van der Waals surface area contributed by atoms with Crippen LogP contribution in [0.15, 0.2) is 6.07 Å². The first-order valence-corrected chi connectivity index (χ1v) is 6.01. The van der Waals surface area contributed by atoms with Crippen molar-refractivity contribution in [2.75, 3.05) is 38.3 Å². The van der Waals surface area contributed by atoms with Gasteiger partial charge < -0.3 is 19.5 Å². The molecule has 0 aromatic carbocycles. The summed E-state index contributed by atoms with van der Waals surface area (Å²) in [5.74, 6) is 0.576. The van der Waals surface area contributed by atoms with Gasteiger partial charge in [-0.2, -0.15) is 4.98 Å². The Morgan fingerprint density at radius 1 is 1.47 bits per heavy atom. The van der Waals surface area contributed by atoms with Crippen LogP contribution >= 0.6 is 0 Å². The molecule has 0 bridgehead atoms. The molecule has 1 rings (SSSR count). The fourth-order valence-electron chi connectivity index (χ4n) is 1.55. The van der Waals surface area contributed by atoms with E-state index in [4.69, 9.17) is 14.6 Å². The molecule has 0 fully saturated rings. The predicted molar refractivity (Wildman–Crippen MR) is 69.7 cm³/mol. The Kier molecular flexibility index (Phi) is 6.01. The molecule has 106 valence electrons. The van der Waals surface area contributed by atoms with Crippen molar-refractivity contribution in [1.29, 1.82) is 0 Å². The van der Waals surface area contributed by atoms with Crippen molar-refractivity contribution in [1.82, 2.24) is 9.97 Å². The molecule has 0 aliphatic heterocycles. The summed E-state index contributed by atoms with van der Waals surface area (Å²) in [6, 6.07) is 1.63. The maximum absolute atomic E-state index is 10.9. The monoisotopic (exact) mass is 269 g/mol. The lowest BCUT2D eigenvalue weighted by Crippen LogP contribution is -2.33. The second-order valence-corrected chi connectivity index (χ2v) is 3.85. The summed E-state index contributed by atoms with van der Waals surface area (Å²) >= 11 is 0. The minimum Gasteiger partial charge on any atom is -0.480 e. The Morgan fingerprint density at radius 2 is 2.21 bits per heavy atom. The molecule has 19 heavy (non-hydrogen) atoms. The molecule has 1 N–H and O–H groups in total. The van der Waals surface area contributed by atoms with Crippen molar-refractivity contribution < 1.29 is 19.4 Å². The molecule has 1 heterocycles. The molecule has 0 atom stereocenters. The van der Waals surface area contributed by atoms with Crippen LogP contribution in [0.5, 0.6) is 5.88 Å². The Hall–Kier alpha value is -1.89. The van der Waals surface area contributed by atoms with Gasteiger partial charge in [0.25, 0.3) is 0 Å². The molecule has 0 spiro atoms. The second kappa shape index (κ2) is 7.52. The van der Waals surface area contributed by atoms with E-state index < -0.39 is 5.97 Å². The zero-order valence-electron chi connectivity index (χ0n) is 11.4. The van der Waals surface area contributed by atoms with Gasteiger partial charge in [-0.05, 0) is 13.8 Å². The summed E-state index contributed by atoms with van der Waals surface area (Å²) in [4.78, 5) is 20.9. The first-order chi connectivity index (χ1) is 9.06. The number of aliphatic carboxylic acids is 1. The SMILES string of the molecule is CCOc1cc(N(CCOC)CC(=O)O)nc(C)n1. The topological polar surface area (TPSA) is 84.8 Å². The van der Waals surface area contributed by atoms with Crippen LogP contribution in [-0.2, 0) is 9.53 Å². The van der Waals surface area contributed by atoms with Gasteiger partial charge in [0, 0.05) is 19.7 Å². The number of carboxylic acid groups (broad SMARTS) is 1. The lowest BCUT2D eigenvalue weighted by molar-refractivity contribution is -0.135. The smallest absolute Gasteiger partial charge is 0.323 e. The Morgan fingerprint density at radius 3 is 2.79 bits per heavy atom. The summed E-state index contributed by atoms with van der Waals surface area (Å²) in [5.41, 5.74) is 0. The molecule has 0 aliphatic rings. The van der Waals surface area contributed by atoms with Crippen molar-refractivity contribution in [2.24, 2.45) is 0 Å². The second-order valence-electron chi connectivity index (χ2n) is 3.85. The van der Waals surface area contributed by atoms with E-state index in [1.165, 1.54) is 0 Å². The normalized spacial score (nSPS) is 10.3. The van der Waals surface area contributed by atoms with Gasteiger partial charge in [-0.25, -0.2) is 4.98 Å². The van der Waals surface area contributed by atoms with E-state index in [1.807, 2.05) is 6.92 Å². The molecule has 0 saturated carbocycles. The summed E-state index contributed by atoms with van der Waals surface area (Å²) in [6.45, 7) is 4.79. The first kappa shape index (κ1) is 15.2. The summed E-state index contributed by atoms with van der Waals surface area (Å²) < 4.78 is 10.3. The van der Waals surface area contributed by atoms with Crippen LogP contribution in [0.25, 0.3) is 0 Å². The van der Waals surface area contributed by atoms with Gasteiger partial charge in [0.1, 0.15) is 18.2 Å². The number of hydrogen-bond donors (Lipinski definition) is 1. The first-order valence-electron chi connectivity index (χ1n) is 6.01. The fraction of sp³-hybridized carbons (Fsp3) is 0.583. The van der Waals surface area contributed by atoms with Crippen LogP contribution in [0.4, 0.5) is 5.82 Å². The average Bonchev–Trinajstić information content (AvgIpc) is 2.33. The number of ether oxygens (including phenoxy) is 2. The minimum atomic E-state index is -0.926. The van der Waals surface area contributed by atoms with E-state index in [9.17, 15) is 4.79 Å². The number of nitrogens with zero attached hydrogens (tertiary/aromatic N) is 3. The number of hydrogen-bond acceptors (Lipinski definition) is 6. The van der Waals surface area contributed by atoms with E-state index >= 15 is 0 Å². The van der Waals surface area contributed by atoms with Gasteiger partial charge in [0.15, 0.2) is 0 Å². The van der Waals surface area contributed by atoms with Gasteiger partial charge in [-0.3, -0.25) is 4.79 Å². The van der Waals surface area contributed by atoms with Crippen LogP contribution in [-0.4, -0.2) is 54.5 Å². The highest BCUT2D eigenvalue weighted by Gasteiger charge is 2.14. The van der Waals surface area contributed by atoms with E-state index in [2.05, 4.69) is 9.97 Å². The Bertz CT molecular complexity index is 425. The van der Waals surface area contributed by atoms with Crippen molar-refractivity contribution in [2.45, 2.75) is 13.8 Å². The largest absolute Gasteiger partial charge is 0.480 e. The molecule has 0 unspecified atom stereocenters. The molecule has 0 aliphatic carbocycles. The van der Waals surface area contributed by atoms with Gasteiger partial charge in [0.05, 0.1) is 13.2 Å². The lowest BCUT2D eigenvalue weighted by atomic mass is 10.4. The van der Waals surface area contributed by atoms with Gasteiger partial charge in [0.2, 0.25) is 5.88 Å². The average molecular weight is 269 g/mol. The minimum absolute atomic E-state index is 0.147. The summed E-state index contributed by atoms with van der Waals surface area (Å²) in [7, 11) is 1.57. The number of aryl methyl sites for hydroxylation is 1. The summed E-state index contributed by atoms with van der Waals surface area (Å²) in [5, 5.41) is 8.93. The molecule has 1 aromatic heterocycles. The van der Waals surface area contributed by atoms with Gasteiger partial charge in [-0.1, -0.05) is 0 Å². The molecule has 1 aromatic rings. The molecule has 7 heteroatoms. The quantitative estimate of drug-likeness (QED) is 0.744. The highest BCUT2D eigenvalue weighted by molar-refractivity contribution is 5.73. The standard InChI is InChI=1S/C12H19N3O4/c1-4-19-11-7-10(13-9(2)14-11)15(5-6-18-3)8-12(16)17/h7H,4-6,8H2,1-3H3,(H,16,17). The third-order valence-corrected chi connectivity index (χ3v) is 2.31. The number of anilines is 1. The lowest BCUT2D eigenvalue weighted by Gasteiger charge is -2.21. The van der Waals surface area contributed by atoms with Crippen molar-refractivity contribution in [3.63, 3.8) is 0 Å². The molecule has 7 nitrogen and oxygen atoms in total. The highest BCUT2D eigenvalue weighted by Crippen LogP contribution is 2.17. The molecule has 0 amide bonds. The number of aromatic nitrogens is 2. The third-order valence-electron chi connectivity index (χ3n) is 2.31. The molecular formula is C12H19N3O4. The van der Waals surface area contributed by atoms with Crippen LogP contribution in [0, 0.1) is 6.92 Å². The molecule has 0 saturated heterocycles. The van der Waals surface area contributed by atoms with Crippen molar-refractivity contribution in [3.05, 3.63) is 11.9 Å². The van der Waals surface area contributed by atoms with Gasteiger partial charge in [-0.15, -0.1) is 0 Å². The van der Waals surface area contributed by atoms with Crippen LogP contribution < -0.4 is 9.64 Å². The number of carboxylic acids is 1. The van der Waals surface area contributed by atoms with E-state index in [-0.39, 0.29) is 6.54 Å². The van der Waals surface area contributed by atoms with Crippen molar-refractivity contribution in [3.8, 4) is 5.88 Å². The number of methoxy groups -OCH3 is 1. The van der Waals surface area contributed by atoms with Gasteiger partial charge >= 0.3 is 5.97 Å². The number of carbonyl (C=O) groups is 1. The van der Waals surface area contributed by atoms with Crippen LogP contribution in [0.3, 0.4) is 0 Å². The Balaban J connectivity index is 2.95. The Labute approximate surface area is 112 Å². The molecule has 0 radical (unpaired) electrons. The number of rotatable bonds is 8.